The van der Waals surface area contributed by atoms with E-state index in [0.29, 0.717) is 60.1 Å². The lowest BCUT2D eigenvalue weighted by atomic mass is 10.2. The summed E-state index contributed by atoms with van der Waals surface area (Å²) in [6, 6.07) is 6.82. The van der Waals surface area contributed by atoms with Gasteiger partial charge in [0.1, 0.15) is 17.2 Å². The molecule has 4 aromatic rings. The van der Waals surface area contributed by atoms with Gasteiger partial charge in [0, 0.05) is 19.3 Å². The normalized spacial score (nSPS) is 10.1. The second-order valence-corrected chi connectivity index (χ2v) is 8.01. The summed E-state index contributed by atoms with van der Waals surface area (Å²) in [7, 11) is 0. The molecule has 0 spiro atoms. The van der Waals surface area contributed by atoms with Gasteiger partial charge < -0.3 is 15.4 Å². The quantitative estimate of drug-likeness (QED) is 0.302. The third-order valence-electron chi connectivity index (χ3n) is 4.78. The maximum absolute atomic E-state index is 11.7. The van der Waals surface area contributed by atoms with E-state index in [9.17, 15) is 14.4 Å². The number of anilines is 2. The largest absolute Gasteiger partial charge is 0.325 e. The van der Waals surface area contributed by atoms with Crippen molar-refractivity contribution in [3.63, 3.8) is 0 Å². The van der Waals surface area contributed by atoms with E-state index >= 15 is 0 Å². The second-order valence-electron chi connectivity index (χ2n) is 8.01. The molecule has 4 aromatic heterocycles. The number of Topliss-reactive ketones (excluding diaryl/α,β-unsaturated/α-hetero) is 1. The predicted octanol–water partition coefficient (Wildman–Crippen LogP) is 2.09. The molecule has 4 heterocycles. The number of amides is 2. The zero-order chi connectivity index (χ0) is 27.9. The Morgan fingerprint density at radius 3 is 1.51 bits per heavy atom. The summed E-state index contributed by atoms with van der Waals surface area (Å²) < 4.78 is 0. The first-order valence-electron chi connectivity index (χ1n) is 12.0. The van der Waals surface area contributed by atoms with Gasteiger partial charge in [0.15, 0.2) is 12.7 Å². The molecule has 0 aromatic carbocycles. The van der Waals surface area contributed by atoms with E-state index in [1.165, 1.54) is 25.8 Å². The number of rotatable bonds is 10. The lowest BCUT2D eigenvalue weighted by Crippen LogP contribution is -2.11. The van der Waals surface area contributed by atoms with E-state index in [0.717, 1.165) is 6.42 Å². The van der Waals surface area contributed by atoms with E-state index in [4.69, 9.17) is 0 Å². The summed E-state index contributed by atoms with van der Waals surface area (Å²) in [5.74, 6) is 0.580. The molecule has 15 heteroatoms. The Bertz CT molecular complexity index is 1340. The number of ketones is 1. The Hall–Kier alpha value is -5.21. The molecule has 15 nitrogen and oxygen atoms in total. The third kappa shape index (κ3) is 9.99. The molecule has 0 aliphatic heterocycles. The van der Waals surface area contributed by atoms with Crippen molar-refractivity contribution in [2.24, 2.45) is 0 Å². The lowest BCUT2D eigenvalue weighted by molar-refractivity contribution is -0.118. The van der Waals surface area contributed by atoms with Gasteiger partial charge >= 0.3 is 0 Å². The average molecular weight is 531 g/mol. The van der Waals surface area contributed by atoms with E-state index in [1.807, 2.05) is 6.92 Å². The molecule has 39 heavy (non-hydrogen) atoms. The number of nitrogens with one attached hydrogen (secondary N) is 2. The standard InChI is InChI=1S/C13H14N6O2.C11H12N6O/c1-9(20)3-2-4-12(21)17-10-5-6-11(14-7-10)13-18-15-8-16-19-13;1-2-3-10(18)15-8-4-5-9(12-6-8)11-16-13-7-14-17-11/h5-8H,2-4H2,1H3,(H,17,21);4-7H,2-3H2,1H3,(H,15,18). The molecule has 2 N–H and O–H groups in total. The van der Waals surface area contributed by atoms with Gasteiger partial charge in [-0.1, -0.05) is 6.92 Å². The van der Waals surface area contributed by atoms with E-state index in [-0.39, 0.29) is 17.6 Å². The van der Waals surface area contributed by atoms with Crippen molar-refractivity contribution >= 4 is 29.0 Å². The molecule has 0 saturated carbocycles. The number of aromatic nitrogens is 10. The fourth-order valence-corrected chi connectivity index (χ4v) is 2.99. The van der Waals surface area contributed by atoms with Gasteiger partial charge in [0.25, 0.3) is 0 Å². The third-order valence-corrected chi connectivity index (χ3v) is 4.78. The van der Waals surface area contributed by atoms with Gasteiger partial charge in [-0.2, -0.15) is 0 Å². The van der Waals surface area contributed by atoms with Crippen LogP contribution in [0.5, 0.6) is 0 Å². The van der Waals surface area contributed by atoms with Gasteiger partial charge in [-0.25, -0.2) is 0 Å². The number of nitrogens with zero attached hydrogens (tertiary/aromatic N) is 10. The topological polar surface area (TPSA) is 204 Å². The Morgan fingerprint density at radius 2 is 1.13 bits per heavy atom. The molecular weight excluding hydrogens is 504 g/mol. The lowest BCUT2D eigenvalue weighted by Gasteiger charge is -2.05. The molecule has 0 aliphatic carbocycles. The summed E-state index contributed by atoms with van der Waals surface area (Å²) in [4.78, 5) is 42.1. The Morgan fingerprint density at radius 1 is 0.667 bits per heavy atom. The highest BCUT2D eigenvalue weighted by atomic mass is 16.2. The molecule has 0 radical (unpaired) electrons. The Labute approximate surface area is 223 Å². The first kappa shape index (κ1) is 28.4. The fraction of sp³-hybridized carbons (Fsp3) is 0.292. The maximum Gasteiger partial charge on any atom is 0.224 e. The van der Waals surface area contributed by atoms with Crippen LogP contribution in [0.3, 0.4) is 0 Å². The summed E-state index contributed by atoms with van der Waals surface area (Å²) >= 11 is 0. The Kier molecular flexibility index (Phi) is 11.0. The summed E-state index contributed by atoms with van der Waals surface area (Å²) in [5, 5.41) is 35.1. The van der Waals surface area contributed by atoms with Crippen LogP contribution in [0.15, 0.2) is 49.3 Å². The van der Waals surface area contributed by atoms with Crippen LogP contribution >= 0.6 is 0 Å². The van der Waals surface area contributed by atoms with Crippen LogP contribution in [0.25, 0.3) is 23.0 Å². The van der Waals surface area contributed by atoms with Crippen molar-refractivity contribution in [1.29, 1.82) is 0 Å². The molecule has 0 aliphatic rings. The highest BCUT2D eigenvalue weighted by molar-refractivity contribution is 5.91. The van der Waals surface area contributed by atoms with Crippen LogP contribution in [0.1, 0.15) is 46.0 Å². The number of carbonyl (C=O) groups is 3. The first-order chi connectivity index (χ1) is 18.9. The van der Waals surface area contributed by atoms with Crippen LogP contribution in [0.2, 0.25) is 0 Å². The number of carbonyl (C=O) groups excluding carboxylic acids is 3. The number of hydrogen-bond acceptors (Lipinski definition) is 13. The van der Waals surface area contributed by atoms with Crippen molar-refractivity contribution in [3.05, 3.63) is 49.3 Å². The number of pyridine rings is 2. The van der Waals surface area contributed by atoms with Crippen molar-refractivity contribution in [1.82, 2.24) is 50.8 Å². The molecule has 0 bridgehead atoms. The summed E-state index contributed by atoms with van der Waals surface area (Å²) in [6.07, 6.45) is 8.12. The smallest absolute Gasteiger partial charge is 0.224 e. The van der Waals surface area contributed by atoms with Crippen molar-refractivity contribution < 1.29 is 14.4 Å². The van der Waals surface area contributed by atoms with Crippen molar-refractivity contribution in [2.45, 2.75) is 46.0 Å². The fourth-order valence-electron chi connectivity index (χ4n) is 2.99. The summed E-state index contributed by atoms with van der Waals surface area (Å²) in [5.41, 5.74) is 2.30. The van der Waals surface area contributed by atoms with Crippen LogP contribution in [-0.2, 0) is 14.4 Å². The molecule has 0 atom stereocenters. The monoisotopic (exact) mass is 530 g/mol. The van der Waals surface area contributed by atoms with E-state index in [1.54, 1.807) is 30.5 Å². The van der Waals surface area contributed by atoms with Gasteiger partial charge in [0.05, 0.1) is 23.8 Å². The molecule has 0 unspecified atom stereocenters. The van der Waals surface area contributed by atoms with Gasteiger partial charge in [0.2, 0.25) is 23.5 Å². The van der Waals surface area contributed by atoms with Crippen LogP contribution in [0, 0.1) is 0 Å². The van der Waals surface area contributed by atoms with Crippen molar-refractivity contribution in [2.75, 3.05) is 10.6 Å². The molecular formula is C24H26N12O3. The van der Waals surface area contributed by atoms with Crippen molar-refractivity contribution in [3.8, 4) is 23.0 Å². The minimum atomic E-state index is -0.148. The average Bonchev–Trinajstić information content (AvgIpc) is 2.95. The van der Waals surface area contributed by atoms with Gasteiger partial charge in [-0.05, 0) is 44.0 Å². The van der Waals surface area contributed by atoms with Crippen LogP contribution < -0.4 is 10.6 Å². The second kappa shape index (κ2) is 15.1. The Balaban J connectivity index is 0.000000218. The zero-order valence-corrected chi connectivity index (χ0v) is 21.4. The van der Waals surface area contributed by atoms with E-state index < -0.39 is 0 Å². The highest BCUT2D eigenvalue weighted by Crippen LogP contribution is 2.14. The first-order valence-corrected chi connectivity index (χ1v) is 12.0. The van der Waals surface area contributed by atoms with Crippen LogP contribution in [0.4, 0.5) is 11.4 Å². The summed E-state index contributed by atoms with van der Waals surface area (Å²) in [6.45, 7) is 3.46. The number of hydrogen-bond donors (Lipinski definition) is 2. The zero-order valence-electron chi connectivity index (χ0n) is 21.4. The minimum absolute atomic E-state index is 0.0219. The van der Waals surface area contributed by atoms with E-state index in [2.05, 4.69) is 61.4 Å². The molecule has 0 saturated heterocycles. The molecule has 0 fully saturated rings. The maximum atomic E-state index is 11.7. The predicted molar refractivity (Wildman–Crippen MR) is 138 cm³/mol. The van der Waals surface area contributed by atoms with Crippen LogP contribution in [-0.4, -0.2) is 68.4 Å². The highest BCUT2D eigenvalue weighted by Gasteiger charge is 2.07. The van der Waals surface area contributed by atoms with Gasteiger partial charge in [-0.3, -0.25) is 19.6 Å². The molecule has 4 rings (SSSR count). The van der Waals surface area contributed by atoms with Gasteiger partial charge in [-0.15, -0.1) is 40.8 Å². The molecule has 200 valence electrons. The molecule has 2 amide bonds. The SMILES string of the molecule is CC(=O)CCCC(=O)Nc1ccc(-c2nncnn2)nc1.CCCC(=O)Nc1ccc(-c2nncnn2)nc1. The minimum Gasteiger partial charge on any atom is -0.325 e.